The van der Waals surface area contributed by atoms with E-state index in [-0.39, 0.29) is 4.21 Å². The molecule has 0 fully saturated rings. The van der Waals surface area contributed by atoms with Gasteiger partial charge in [0.15, 0.2) is 4.93 Å². The summed E-state index contributed by atoms with van der Waals surface area (Å²) in [6.45, 7) is 2.53. The van der Waals surface area contributed by atoms with Gasteiger partial charge in [0.2, 0.25) is 9.84 Å². The van der Waals surface area contributed by atoms with Crippen LogP contribution in [0.1, 0.15) is 13.8 Å². The highest BCUT2D eigenvalue weighted by atomic mass is 32.2. The maximum atomic E-state index is 11.5. The van der Waals surface area contributed by atoms with Crippen molar-refractivity contribution in [3.63, 3.8) is 0 Å². The Bertz CT molecular complexity index is 343. The molecule has 0 atom stereocenters. The number of hydrogen-bond donors (Lipinski definition) is 1. The summed E-state index contributed by atoms with van der Waals surface area (Å²) < 4.78 is 23.2. The molecule has 1 aromatic rings. The monoisotopic (exact) mass is 206 g/mol. The standard InChI is InChI=1S/C7H10O3S2/c1-7(2,8)12(9,10)6-4-3-5-11-6/h3-5,8H,1-2H3. The Morgan fingerprint density at radius 3 is 2.42 bits per heavy atom. The zero-order valence-electron chi connectivity index (χ0n) is 6.81. The van der Waals surface area contributed by atoms with Gasteiger partial charge >= 0.3 is 0 Å². The molecule has 0 aliphatic rings. The summed E-state index contributed by atoms with van der Waals surface area (Å²) in [4.78, 5) is -1.70. The molecule has 0 aromatic carbocycles. The topological polar surface area (TPSA) is 54.4 Å². The van der Waals surface area contributed by atoms with E-state index in [1.165, 1.54) is 19.9 Å². The number of hydrogen-bond acceptors (Lipinski definition) is 4. The molecule has 12 heavy (non-hydrogen) atoms. The van der Waals surface area contributed by atoms with Gasteiger partial charge in [-0.1, -0.05) is 6.07 Å². The van der Waals surface area contributed by atoms with Crippen LogP contribution in [0.15, 0.2) is 21.7 Å². The highest BCUT2D eigenvalue weighted by molar-refractivity contribution is 7.94. The van der Waals surface area contributed by atoms with E-state index in [0.29, 0.717) is 0 Å². The molecule has 0 aliphatic heterocycles. The molecule has 68 valence electrons. The van der Waals surface area contributed by atoms with Crippen LogP contribution in [0.2, 0.25) is 0 Å². The van der Waals surface area contributed by atoms with E-state index in [2.05, 4.69) is 0 Å². The lowest BCUT2D eigenvalue weighted by molar-refractivity contribution is 0.165. The van der Waals surface area contributed by atoms with Crippen LogP contribution in [0.5, 0.6) is 0 Å². The van der Waals surface area contributed by atoms with E-state index in [0.717, 1.165) is 11.3 Å². The summed E-state index contributed by atoms with van der Waals surface area (Å²) in [5, 5.41) is 11.0. The summed E-state index contributed by atoms with van der Waals surface area (Å²) >= 11 is 1.11. The van der Waals surface area contributed by atoms with Crippen molar-refractivity contribution in [2.24, 2.45) is 0 Å². The molecular weight excluding hydrogens is 196 g/mol. The first-order valence-corrected chi connectivity index (χ1v) is 5.72. The predicted octanol–water partition coefficient (Wildman–Crippen LogP) is 1.25. The first kappa shape index (κ1) is 9.70. The van der Waals surface area contributed by atoms with Gasteiger partial charge in [-0.25, -0.2) is 8.42 Å². The van der Waals surface area contributed by atoms with Gasteiger partial charge in [0.25, 0.3) is 0 Å². The molecule has 0 spiro atoms. The van der Waals surface area contributed by atoms with Gasteiger partial charge in [-0.05, 0) is 25.3 Å². The third-order valence-corrected chi connectivity index (χ3v) is 5.01. The molecule has 3 nitrogen and oxygen atoms in total. The van der Waals surface area contributed by atoms with Gasteiger partial charge in [0.05, 0.1) is 0 Å². The molecule has 0 saturated heterocycles. The van der Waals surface area contributed by atoms with Crippen LogP contribution < -0.4 is 0 Å². The van der Waals surface area contributed by atoms with Crippen molar-refractivity contribution in [3.05, 3.63) is 17.5 Å². The number of aliphatic hydroxyl groups is 1. The van der Waals surface area contributed by atoms with Crippen molar-refractivity contribution >= 4 is 21.2 Å². The molecule has 5 heteroatoms. The minimum Gasteiger partial charge on any atom is -0.374 e. The summed E-state index contributed by atoms with van der Waals surface area (Å²) in [5.74, 6) is 0. The van der Waals surface area contributed by atoms with E-state index in [1.807, 2.05) is 0 Å². The van der Waals surface area contributed by atoms with Gasteiger partial charge in [0.1, 0.15) is 4.21 Å². The molecule has 1 aromatic heterocycles. The molecule has 0 aliphatic carbocycles. The van der Waals surface area contributed by atoms with Crippen LogP contribution in [0.4, 0.5) is 0 Å². The highest BCUT2D eigenvalue weighted by Gasteiger charge is 2.33. The quantitative estimate of drug-likeness (QED) is 0.792. The number of sulfone groups is 1. The second-order valence-electron chi connectivity index (χ2n) is 2.88. The van der Waals surface area contributed by atoms with E-state index in [4.69, 9.17) is 0 Å². The zero-order chi connectivity index (χ0) is 9.41. The molecule has 0 bridgehead atoms. The van der Waals surface area contributed by atoms with Crippen molar-refractivity contribution in [2.45, 2.75) is 23.0 Å². The van der Waals surface area contributed by atoms with Crippen LogP contribution >= 0.6 is 11.3 Å². The lowest BCUT2D eigenvalue weighted by atomic mass is 10.5. The Kier molecular flexibility index (Phi) is 2.29. The van der Waals surface area contributed by atoms with E-state index >= 15 is 0 Å². The van der Waals surface area contributed by atoms with Crippen LogP contribution in [-0.2, 0) is 9.84 Å². The fraction of sp³-hybridized carbons (Fsp3) is 0.429. The van der Waals surface area contributed by atoms with Gasteiger partial charge < -0.3 is 5.11 Å². The van der Waals surface area contributed by atoms with E-state index in [1.54, 1.807) is 11.4 Å². The zero-order valence-corrected chi connectivity index (χ0v) is 8.45. The molecule has 1 N–H and O–H groups in total. The average Bonchev–Trinajstić information content (AvgIpc) is 2.34. The Hall–Kier alpha value is -0.390. The first-order chi connectivity index (χ1) is 5.36. The van der Waals surface area contributed by atoms with Gasteiger partial charge in [-0.2, -0.15) is 0 Å². The first-order valence-electron chi connectivity index (χ1n) is 3.36. The number of thiophene rings is 1. The summed E-state index contributed by atoms with van der Waals surface area (Å²) in [6, 6.07) is 3.13. The van der Waals surface area contributed by atoms with Crippen molar-refractivity contribution in [3.8, 4) is 0 Å². The highest BCUT2D eigenvalue weighted by Crippen LogP contribution is 2.26. The lowest BCUT2D eigenvalue weighted by Gasteiger charge is -2.16. The van der Waals surface area contributed by atoms with Crippen molar-refractivity contribution < 1.29 is 13.5 Å². The lowest BCUT2D eigenvalue weighted by Crippen LogP contribution is -2.30. The minimum atomic E-state index is -3.56. The summed E-state index contributed by atoms with van der Waals surface area (Å²) in [5.41, 5.74) is 0. The predicted molar refractivity (Wildman–Crippen MR) is 47.8 cm³/mol. The molecule has 0 unspecified atom stereocenters. The third kappa shape index (κ3) is 1.53. The Morgan fingerprint density at radius 2 is 2.08 bits per heavy atom. The SMILES string of the molecule is CC(C)(O)S(=O)(=O)c1cccs1. The van der Waals surface area contributed by atoms with Crippen molar-refractivity contribution in [2.75, 3.05) is 0 Å². The maximum absolute atomic E-state index is 11.5. The molecule has 1 heterocycles. The third-order valence-electron chi connectivity index (χ3n) is 1.42. The van der Waals surface area contributed by atoms with Crippen molar-refractivity contribution in [1.29, 1.82) is 0 Å². The molecule has 0 amide bonds. The second-order valence-corrected chi connectivity index (χ2v) is 6.53. The largest absolute Gasteiger partial charge is 0.374 e. The second kappa shape index (κ2) is 2.83. The van der Waals surface area contributed by atoms with Gasteiger partial charge in [-0.3, -0.25) is 0 Å². The molecular formula is C7H10O3S2. The fourth-order valence-electron chi connectivity index (χ4n) is 0.663. The smallest absolute Gasteiger partial charge is 0.216 e. The molecule has 1 rings (SSSR count). The van der Waals surface area contributed by atoms with Crippen molar-refractivity contribution in [1.82, 2.24) is 0 Å². The normalized spacial score (nSPS) is 13.2. The Balaban J connectivity index is 3.22. The molecule has 0 radical (unpaired) electrons. The van der Waals surface area contributed by atoms with Gasteiger partial charge in [0, 0.05) is 0 Å². The minimum absolute atomic E-state index is 0.204. The van der Waals surface area contributed by atoms with Crippen LogP contribution in [0, 0.1) is 0 Å². The molecule has 0 saturated carbocycles. The van der Waals surface area contributed by atoms with Crippen LogP contribution in [0.3, 0.4) is 0 Å². The van der Waals surface area contributed by atoms with Crippen LogP contribution in [0.25, 0.3) is 0 Å². The van der Waals surface area contributed by atoms with Crippen LogP contribution in [-0.4, -0.2) is 18.5 Å². The maximum Gasteiger partial charge on any atom is 0.216 e. The van der Waals surface area contributed by atoms with E-state index in [9.17, 15) is 13.5 Å². The number of rotatable bonds is 2. The fourth-order valence-corrected chi connectivity index (χ4v) is 3.15. The Morgan fingerprint density at radius 1 is 1.50 bits per heavy atom. The Labute approximate surface area is 75.6 Å². The van der Waals surface area contributed by atoms with E-state index < -0.39 is 14.8 Å². The summed E-state index contributed by atoms with van der Waals surface area (Å²) in [6.07, 6.45) is 0. The summed E-state index contributed by atoms with van der Waals surface area (Å²) in [7, 11) is -3.56. The van der Waals surface area contributed by atoms with Gasteiger partial charge in [-0.15, -0.1) is 11.3 Å². The average molecular weight is 206 g/mol.